The molecule has 0 aromatic heterocycles. The van der Waals surface area contributed by atoms with Crippen LogP contribution in [0.25, 0.3) is 0 Å². The van der Waals surface area contributed by atoms with Crippen LogP contribution in [0.4, 0.5) is 0 Å². The van der Waals surface area contributed by atoms with E-state index in [9.17, 15) is 9.59 Å². The minimum Gasteiger partial charge on any atom is -0.481 e. The average molecular weight is 197 g/mol. The van der Waals surface area contributed by atoms with E-state index in [1.165, 1.54) is 0 Å². The van der Waals surface area contributed by atoms with Gasteiger partial charge in [0.05, 0.1) is 0 Å². The lowest BCUT2D eigenvalue weighted by molar-refractivity contribution is -0.139. The minimum absolute atomic E-state index is 0.542. The van der Waals surface area contributed by atoms with Crippen LogP contribution in [0.2, 0.25) is 0 Å². The number of Topliss-reactive ketones (excluding diaryl/α,β-unsaturated/α-hetero) is 1. The molecule has 0 aromatic rings. The first-order valence-electron chi connectivity index (χ1n) is 2.86. The van der Waals surface area contributed by atoms with Gasteiger partial charge in [0, 0.05) is 6.92 Å². The van der Waals surface area contributed by atoms with E-state index in [1.54, 1.807) is 0 Å². The number of carboxylic acids is 2. The van der Waals surface area contributed by atoms with Crippen molar-refractivity contribution in [2.24, 2.45) is 0 Å². The number of ketones is 1. The van der Waals surface area contributed by atoms with Gasteiger partial charge < -0.3 is 10.2 Å². The Labute approximate surface area is 73.9 Å². The van der Waals surface area contributed by atoms with Gasteiger partial charge in [0.1, 0.15) is 0 Å². The summed E-state index contributed by atoms with van der Waals surface area (Å²) in [7, 11) is 0. The molecule has 5 nitrogen and oxygen atoms in total. The maximum absolute atomic E-state index is 10.1. The van der Waals surface area contributed by atoms with E-state index < -0.39 is 23.1 Å². The number of carbonyl (C=O) groups excluding carboxylic acids is 1. The van der Waals surface area contributed by atoms with Crippen LogP contribution < -0.4 is 0 Å². The molecular weight excluding hydrogens is 188 g/mol. The molecule has 0 rings (SSSR count). The Bertz CT molecular complexity index is 170. The lowest BCUT2D eigenvalue weighted by atomic mass is 10.3. The third-order valence-electron chi connectivity index (χ3n) is 0.574. The monoisotopic (exact) mass is 196 g/mol. The van der Waals surface area contributed by atoms with E-state index >= 15 is 0 Å². The zero-order valence-corrected chi connectivity index (χ0v) is 7.33. The second-order valence-electron chi connectivity index (χ2n) is 1.83. The molecule has 0 bridgehead atoms. The fourth-order valence-corrected chi connectivity index (χ4v) is 0.174. The van der Waals surface area contributed by atoms with E-state index in [1.807, 2.05) is 0 Å². The molecule has 0 heterocycles. The fraction of sp³-hybridized carbons (Fsp3) is 0.500. The molecule has 0 saturated heterocycles. The van der Waals surface area contributed by atoms with Crippen LogP contribution in [0.3, 0.4) is 0 Å². The Kier molecular flexibility index (Phi) is 7.42. The minimum atomic E-state index is -1.38. The molecule has 0 saturated carbocycles. The number of halogens is 1. The van der Waals surface area contributed by atoms with Crippen molar-refractivity contribution in [2.45, 2.75) is 19.2 Å². The maximum Gasteiger partial charge on any atom is 0.329 e. The lowest BCUT2D eigenvalue weighted by Gasteiger charge is -1.93. The molecule has 0 spiro atoms. The van der Waals surface area contributed by atoms with Crippen molar-refractivity contribution in [3.63, 3.8) is 0 Å². The number of rotatable bonds is 2. The third-order valence-corrected chi connectivity index (χ3v) is 1.07. The Morgan fingerprint density at radius 3 is 1.42 bits per heavy atom. The zero-order valence-electron chi connectivity index (χ0n) is 6.57. The smallest absolute Gasteiger partial charge is 0.329 e. The summed E-state index contributed by atoms with van der Waals surface area (Å²) in [5.74, 6) is -2.67. The average Bonchev–Trinajstić information content (AvgIpc) is 1.84. The van der Waals surface area contributed by atoms with E-state index in [4.69, 9.17) is 26.6 Å². The highest BCUT2D eigenvalue weighted by Crippen LogP contribution is 1.95. The van der Waals surface area contributed by atoms with Crippen molar-refractivity contribution in [3.8, 4) is 0 Å². The summed E-state index contributed by atoms with van der Waals surface area (Å²) in [5.41, 5.74) is 0. The highest BCUT2D eigenvalue weighted by atomic mass is 35.5. The summed E-state index contributed by atoms with van der Waals surface area (Å²) in [6, 6.07) is 0. The molecule has 0 amide bonds. The largest absolute Gasteiger partial charge is 0.481 e. The molecule has 70 valence electrons. The molecule has 6 heteroatoms. The Hall–Kier alpha value is -1.10. The first-order valence-corrected chi connectivity index (χ1v) is 3.29. The molecule has 1 unspecified atom stereocenters. The maximum atomic E-state index is 10.1. The predicted molar refractivity (Wildman–Crippen MR) is 41.3 cm³/mol. The second kappa shape index (κ2) is 6.60. The summed E-state index contributed by atoms with van der Waals surface area (Å²) < 4.78 is 0. The van der Waals surface area contributed by atoms with Gasteiger partial charge in [-0.3, -0.25) is 14.4 Å². The van der Waals surface area contributed by atoms with Crippen LogP contribution >= 0.6 is 11.6 Å². The molecular formula is C6H9ClO5. The van der Waals surface area contributed by atoms with Crippen molar-refractivity contribution in [3.05, 3.63) is 0 Å². The molecule has 0 aliphatic carbocycles. The number of aliphatic carboxylic acids is 2. The molecule has 0 aromatic carbocycles. The second-order valence-corrected chi connectivity index (χ2v) is 2.27. The molecule has 2 N–H and O–H groups in total. The lowest BCUT2D eigenvalue weighted by Crippen LogP contribution is -2.20. The van der Waals surface area contributed by atoms with Crippen LogP contribution in [0.15, 0.2) is 0 Å². The van der Waals surface area contributed by atoms with Gasteiger partial charge in [-0.15, -0.1) is 11.6 Å². The fourth-order valence-electron chi connectivity index (χ4n) is 0.174. The molecule has 0 aliphatic rings. The van der Waals surface area contributed by atoms with Crippen LogP contribution in [0, 0.1) is 0 Å². The number of hydrogen-bond acceptors (Lipinski definition) is 3. The van der Waals surface area contributed by atoms with Gasteiger partial charge in [-0.25, -0.2) is 0 Å². The third kappa shape index (κ3) is 11.7. The molecule has 0 fully saturated rings. The number of carbonyl (C=O) groups is 3. The van der Waals surface area contributed by atoms with E-state index in [0.717, 1.165) is 13.8 Å². The Balaban J connectivity index is 0. The summed E-state index contributed by atoms with van der Waals surface area (Å²) in [5, 5.41) is 14.0. The summed E-state index contributed by atoms with van der Waals surface area (Å²) >= 11 is 5.00. The van der Waals surface area contributed by atoms with Crippen molar-refractivity contribution < 1.29 is 24.6 Å². The van der Waals surface area contributed by atoms with Crippen LogP contribution in [0.5, 0.6) is 0 Å². The van der Waals surface area contributed by atoms with Crippen molar-refractivity contribution >= 4 is 29.3 Å². The van der Waals surface area contributed by atoms with Crippen molar-refractivity contribution in [1.29, 1.82) is 0 Å². The van der Waals surface area contributed by atoms with Crippen molar-refractivity contribution in [2.75, 3.05) is 0 Å². The number of hydrogen-bond donors (Lipinski definition) is 2. The molecule has 0 radical (unpaired) electrons. The highest BCUT2D eigenvalue weighted by molar-refractivity contribution is 6.40. The van der Waals surface area contributed by atoms with Gasteiger partial charge >= 0.3 is 5.97 Å². The summed E-state index contributed by atoms with van der Waals surface area (Å²) in [6.07, 6.45) is 0. The van der Waals surface area contributed by atoms with Crippen LogP contribution in [-0.2, 0) is 14.4 Å². The molecule has 12 heavy (non-hydrogen) atoms. The van der Waals surface area contributed by atoms with E-state index in [-0.39, 0.29) is 0 Å². The number of carboxylic acid groups (broad SMARTS) is 2. The van der Waals surface area contributed by atoms with Gasteiger partial charge in [0.15, 0.2) is 11.2 Å². The van der Waals surface area contributed by atoms with Gasteiger partial charge in [0.2, 0.25) is 0 Å². The van der Waals surface area contributed by atoms with Crippen molar-refractivity contribution in [1.82, 2.24) is 0 Å². The van der Waals surface area contributed by atoms with Crippen LogP contribution in [-0.4, -0.2) is 33.3 Å². The molecule has 0 aliphatic heterocycles. The Morgan fingerprint density at radius 1 is 1.17 bits per heavy atom. The summed E-state index contributed by atoms with van der Waals surface area (Å²) in [4.78, 5) is 28.9. The highest BCUT2D eigenvalue weighted by Gasteiger charge is 2.17. The van der Waals surface area contributed by atoms with Gasteiger partial charge in [-0.1, -0.05) is 0 Å². The zero-order chi connectivity index (χ0) is 10.3. The van der Waals surface area contributed by atoms with Gasteiger partial charge in [-0.2, -0.15) is 0 Å². The predicted octanol–water partition coefficient (Wildman–Crippen LogP) is 0.358. The quantitative estimate of drug-likeness (QED) is 0.491. The Morgan fingerprint density at radius 2 is 1.42 bits per heavy atom. The normalized spacial score (nSPS) is 10.6. The first kappa shape index (κ1) is 13.5. The SMILES string of the molecule is CC(=O)C(Cl)C(=O)O.CC(=O)O. The van der Waals surface area contributed by atoms with E-state index in [2.05, 4.69) is 0 Å². The first-order chi connectivity index (χ1) is 5.29. The van der Waals surface area contributed by atoms with Gasteiger partial charge in [-0.05, 0) is 6.92 Å². The standard InChI is InChI=1S/C4H5ClO3.C2H4O2/c1-2(6)3(5)4(7)8;1-2(3)4/h3H,1H3,(H,7,8);1H3,(H,3,4). The van der Waals surface area contributed by atoms with Gasteiger partial charge in [0.25, 0.3) is 5.97 Å². The summed E-state index contributed by atoms with van der Waals surface area (Å²) in [6.45, 7) is 2.21. The van der Waals surface area contributed by atoms with Crippen LogP contribution in [0.1, 0.15) is 13.8 Å². The topological polar surface area (TPSA) is 91.7 Å². The van der Waals surface area contributed by atoms with E-state index in [0.29, 0.717) is 0 Å². The number of alkyl halides is 1. The molecule has 1 atom stereocenters.